The van der Waals surface area contributed by atoms with Gasteiger partial charge in [0.05, 0.1) is 0 Å². The van der Waals surface area contributed by atoms with Crippen LogP contribution in [0, 0.1) is 6.92 Å². The highest BCUT2D eigenvalue weighted by Gasteiger charge is 1.92. The Labute approximate surface area is 51.3 Å². The van der Waals surface area contributed by atoms with Crippen molar-refractivity contribution in [1.29, 1.82) is 0 Å². The lowest BCUT2D eigenvalue weighted by Gasteiger charge is -1.70. The number of nitrogens with zero attached hydrogens (tertiary/aromatic N) is 3. The molecule has 1 heterocycles. The lowest BCUT2D eigenvalue weighted by molar-refractivity contribution is 1.16. The fourth-order valence-corrected chi connectivity index (χ4v) is 0.836. The predicted molar refractivity (Wildman–Crippen MR) is 33.9 cm³/mol. The fraction of sp³-hybridized carbons (Fsp3) is 0.250. The van der Waals surface area contributed by atoms with Crippen LogP contribution >= 0.6 is 11.5 Å². The Morgan fingerprint density at radius 3 is 2.75 bits per heavy atom. The van der Waals surface area contributed by atoms with Crippen molar-refractivity contribution in [2.45, 2.75) is 6.92 Å². The van der Waals surface area contributed by atoms with E-state index >= 15 is 0 Å². The molecular weight excluding hydrogens is 122 g/mol. The Balaban J connectivity index is 3.00. The molecule has 0 fully saturated rings. The maximum Gasteiger partial charge on any atom is 0.228 e. The molecule has 0 aliphatic carbocycles. The number of aromatic nitrogens is 2. The van der Waals surface area contributed by atoms with Gasteiger partial charge in [-0.25, -0.2) is 9.98 Å². The molecule has 0 aromatic carbocycles. The van der Waals surface area contributed by atoms with Gasteiger partial charge >= 0.3 is 0 Å². The van der Waals surface area contributed by atoms with Gasteiger partial charge in [-0.2, -0.15) is 4.37 Å². The van der Waals surface area contributed by atoms with E-state index in [1.54, 1.807) is 0 Å². The third kappa shape index (κ3) is 0.894. The minimum absolute atomic E-state index is 0.641. The maximum atomic E-state index is 3.91. The fourth-order valence-electron chi connectivity index (χ4n) is 0.350. The van der Waals surface area contributed by atoms with Gasteiger partial charge in [-0.15, -0.1) is 0 Å². The van der Waals surface area contributed by atoms with Crippen molar-refractivity contribution in [1.82, 2.24) is 9.36 Å². The maximum absolute atomic E-state index is 3.91. The quantitative estimate of drug-likeness (QED) is 0.531. The average molecular weight is 127 g/mol. The number of aryl methyl sites for hydroxylation is 1. The van der Waals surface area contributed by atoms with Gasteiger partial charge in [-0.3, -0.25) is 0 Å². The Kier molecular flexibility index (Phi) is 1.34. The summed E-state index contributed by atoms with van der Waals surface area (Å²) in [5.41, 5.74) is 0. The third-order valence-electron chi connectivity index (χ3n) is 0.652. The SMILES string of the molecule is C=Nc1nc(C)ns1. The lowest BCUT2D eigenvalue weighted by atomic mass is 10.8. The van der Waals surface area contributed by atoms with Crippen molar-refractivity contribution in [2.75, 3.05) is 0 Å². The largest absolute Gasteiger partial charge is 0.234 e. The van der Waals surface area contributed by atoms with E-state index in [1.165, 1.54) is 11.5 Å². The zero-order chi connectivity index (χ0) is 5.98. The lowest BCUT2D eigenvalue weighted by Crippen LogP contribution is -1.67. The molecule has 0 aliphatic rings. The molecule has 1 aromatic heterocycles. The summed E-state index contributed by atoms with van der Waals surface area (Å²) in [6.07, 6.45) is 0. The molecular formula is C4H5N3S. The molecule has 0 aliphatic heterocycles. The molecule has 0 unspecified atom stereocenters. The van der Waals surface area contributed by atoms with Crippen LogP contribution < -0.4 is 0 Å². The molecule has 1 aromatic rings. The molecule has 42 valence electrons. The van der Waals surface area contributed by atoms with E-state index in [-0.39, 0.29) is 0 Å². The van der Waals surface area contributed by atoms with Gasteiger partial charge in [0, 0.05) is 11.5 Å². The van der Waals surface area contributed by atoms with Crippen LogP contribution in [0.2, 0.25) is 0 Å². The van der Waals surface area contributed by atoms with Crippen LogP contribution in [0.5, 0.6) is 0 Å². The van der Waals surface area contributed by atoms with Crippen molar-refractivity contribution in [3.8, 4) is 0 Å². The van der Waals surface area contributed by atoms with E-state index in [0.29, 0.717) is 5.13 Å². The minimum atomic E-state index is 0.641. The zero-order valence-corrected chi connectivity index (χ0v) is 5.27. The molecule has 4 heteroatoms. The summed E-state index contributed by atoms with van der Waals surface area (Å²) in [5, 5.41) is 0.641. The van der Waals surface area contributed by atoms with Crippen LogP contribution in [0.25, 0.3) is 0 Å². The molecule has 1 rings (SSSR count). The van der Waals surface area contributed by atoms with Crippen molar-refractivity contribution < 1.29 is 0 Å². The van der Waals surface area contributed by atoms with Crippen LogP contribution in [-0.2, 0) is 0 Å². The summed E-state index contributed by atoms with van der Waals surface area (Å²) in [7, 11) is 0. The van der Waals surface area contributed by atoms with Gasteiger partial charge in [0.25, 0.3) is 0 Å². The van der Waals surface area contributed by atoms with Crippen LogP contribution in [-0.4, -0.2) is 16.1 Å². The van der Waals surface area contributed by atoms with E-state index in [0.717, 1.165) is 5.82 Å². The van der Waals surface area contributed by atoms with Crippen LogP contribution in [0.1, 0.15) is 5.82 Å². The molecule has 0 saturated heterocycles. The van der Waals surface area contributed by atoms with Gasteiger partial charge in [0.1, 0.15) is 5.82 Å². The normalized spacial score (nSPS) is 9.12. The number of hydrogen-bond donors (Lipinski definition) is 0. The standard InChI is InChI=1S/C4H5N3S/c1-3-6-4(5-2)8-7-3/h2H2,1H3. The molecule has 0 N–H and O–H groups in total. The first kappa shape index (κ1) is 5.37. The molecule has 0 atom stereocenters. The summed E-state index contributed by atoms with van der Waals surface area (Å²) >= 11 is 1.26. The highest BCUT2D eigenvalue weighted by molar-refractivity contribution is 7.09. The second-order valence-electron chi connectivity index (χ2n) is 1.28. The van der Waals surface area contributed by atoms with Crippen LogP contribution in [0.15, 0.2) is 4.99 Å². The van der Waals surface area contributed by atoms with Gasteiger partial charge in [-0.1, -0.05) is 0 Å². The summed E-state index contributed by atoms with van der Waals surface area (Å²) in [5.74, 6) is 0.761. The molecule has 3 nitrogen and oxygen atoms in total. The second-order valence-corrected chi connectivity index (χ2v) is 2.01. The Hall–Kier alpha value is -0.770. The Morgan fingerprint density at radius 2 is 2.50 bits per heavy atom. The Bertz CT molecular complexity index is 193. The first-order valence-corrected chi connectivity index (χ1v) is 2.87. The molecule has 0 bridgehead atoms. The topological polar surface area (TPSA) is 38.1 Å². The summed E-state index contributed by atoms with van der Waals surface area (Å²) in [6.45, 7) is 5.13. The molecule has 0 spiro atoms. The van der Waals surface area contributed by atoms with Crippen molar-refractivity contribution in [3.05, 3.63) is 5.82 Å². The average Bonchev–Trinajstić information content (AvgIpc) is 2.14. The highest BCUT2D eigenvalue weighted by atomic mass is 32.1. The van der Waals surface area contributed by atoms with Crippen molar-refractivity contribution >= 4 is 23.4 Å². The van der Waals surface area contributed by atoms with Gasteiger partial charge in [-0.05, 0) is 13.6 Å². The van der Waals surface area contributed by atoms with Crippen LogP contribution in [0.4, 0.5) is 5.13 Å². The van der Waals surface area contributed by atoms with Crippen molar-refractivity contribution in [2.24, 2.45) is 4.99 Å². The summed E-state index contributed by atoms with van der Waals surface area (Å²) < 4.78 is 3.88. The van der Waals surface area contributed by atoms with E-state index in [2.05, 4.69) is 21.1 Å². The molecule has 0 radical (unpaired) electrons. The number of hydrogen-bond acceptors (Lipinski definition) is 4. The van der Waals surface area contributed by atoms with E-state index in [4.69, 9.17) is 0 Å². The number of rotatable bonds is 1. The molecule has 0 saturated carbocycles. The summed E-state index contributed by atoms with van der Waals surface area (Å²) in [4.78, 5) is 7.49. The molecule has 8 heavy (non-hydrogen) atoms. The monoisotopic (exact) mass is 127 g/mol. The van der Waals surface area contributed by atoms with E-state index < -0.39 is 0 Å². The Morgan fingerprint density at radius 1 is 1.75 bits per heavy atom. The smallest absolute Gasteiger partial charge is 0.228 e. The second kappa shape index (κ2) is 2.00. The first-order chi connectivity index (χ1) is 3.83. The van der Waals surface area contributed by atoms with E-state index in [9.17, 15) is 0 Å². The zero-order valence-electron chi connectivity index (χ0n) is 4.46. The molecule has 0 amide bonds. The van der Waals surface area contributed by atoms with Crippen molar-refractivity contribution in [3.63, 3.8) is 0 Å². The first-order valence-electron chi connectivity index (χ1n) is 2.10. The minimum Gasteiger partial charge on any atom is -0.234 e. The predicted octanol–water partition coefficient (Wildman–Crippen LogP) is 1.18. The van der Waals surface area contributed by atoms with E-state index in [1.807, 2.05) is 6.92 Å². The summed E-state index contributed by atoms with van der Waals surface area (Å²) in [6, 6.07) is 0. The number of aliphatic imine (C=N–C) groups is 1. The van der Waals surface area contributed by atoms with Gasteiger partial charge < -0.3 is 0 Å². The van der Waals surface area contributed by atoms with Gasteiger partial charge in [0.2, 0.25) is 5.13 Å². The third-order valence-corrected chi connectivity index (χ3v) is 1.39. The highest BCUT2D eigenvalue weighted by Crippen LogP contribution is 2.11. The van der Waals surface area contributed by atoms with Crippen LogP contribution in [0.3, 0.4) is 0 Å². The van der Waals surface area contributed by atoms with Gasteiger partial charge in [0.15, 0.2) is 0 Å².